The van der Waals surface area contributed by atoms with Crippen LogP contribution in [0.25, 0.3) is 0 Å². The monoisotopic (exact) mass is 289 g/mol. The van der Waals surface area contributed by atoms with Crippen molar-refractivity contribution in [1.29, 1.82) is 0 Å². The number of quaternary nitrogens is 1. The van der Waals surface area contributed by atoms with Gasteiger partial charge < -0.3 is 17.3 Å². The van der Waals surface area contributed by atoms with Gasteiger partial charge in [-0.2, -0.15) is 0 Å². The second kappa shape index (κ2) is 13.2. The number of hydrogen-bond donors (Lipinski definition) is 1. The number of unbranched alkanes of at least 4 members (excludes halogenated alkanes) is 6. The number of rotatable bonds is 10. The van der Waals surface area contributed by atoms with E-state index in [1.807, 2.05) is 4.90 Å². The smallest absolute Gasteiger partial charge is 0.0799 e. The van der Waals surface area contributed by atoms with Gasteiger partial charge in [-0.05, 0) is 32.1 Å². The topological polar surface area (TPSA) is 4.44 Å². The van der Waals surface area contributed by atoms with Crippen LogP contribution >= 0.6 is 0 Å². The van der Waals surface area contributed by atoms with Crippen molar-refractivity contribution in [2.45, 2.75) is 84.5 Å². The summed E-state index contributed by atoms with van der Waals surface area (Å²) in [6.07, 6.45) is 16.0. The highest BCUT2D eigenvalue weighted by atomic mass is 35.5. The lowest BCUT2D eigenvalue weighted by molar-refractivity contribution is -0.909. The molecule has 0 bridgehead atoms. The first-order valence-corrected chi connectivity index (χ1v) is 8.70. The second-order valence-corrected chi connectivity index (χ2v) is 6.37. The molecule has 2 unspecified atom stereocenters. The summed E-state index contributed by atoms with van der Waals surface area (Å²) in [5.41, 5.74) is 0. The van der Waals surface area contributed by atoms with E-state index >= 15 is 0 Å². The maximum absolute atomic E-state index is 2.34. The molecule has 1 saturated heterocycles. The van der Waals surface area contributed by atoms with E-state index < -0.39 is 0 Å². The highest BCUT2D eigenvalue weighted by Gasteiger charge is 2.21. The fourth-order valence-corrected chi connectivity index (χ4v) is 3.47. The molecule has 0 aromatic rings. The number of nitrogens with one attached hydrogen (secondary N) is 1. The third-order valence-corrected chi connectivity index (χ3v) is 4.55. The van der Waals surface area contributed by atoms with Gasteiger partial charge in [0.15, 0.2) is 0 Å². The average molecular weight is 290 g/mol. The van der Waals surface area contributed by atoms with Crippen molar-refractivity contribution in [3.8, 4) is 0 Å². The maximum atomic E-state index is 2.34. The van der Waals surface area contributed by atoms with E-state index in [0.29, 0.717) is 0 Å². The van der Waals surface area contributed by atoms with Crippen LogP contribution in [0.5, 0.6) is 0 Å². The first-order chi connectivity index (χ1) is 8.86. The van der Waals surface area contributed by atoms with Gasteiger partial charge in [-0.3, -0.25) is 0 Å². The molecule has 0 aliphatic carbocycles. The molecule has 2 heteroatoms. The van der Waals surface area contributed by atoms with E-state index in [1.165, 1.54) is 90.3 Å². The standard InChI is InChI=1S/C17H35N.ClH/c1-3-5-6-7-8-9-10-14-18-15-11-13-17(16-18)12-4-2;/h17H,3-16H2,1-2H3;1H. The molecule has 2 atom stereocenters. The molecule has 0 amide bonds. The SMILES string of the molecule is CCCCCCCCC[NH+]1CCCC(CCC)C1.[Cl-]. The number of likely N-dealkylation sites (tertiary alicyclic amines) is 1. The zero-order valence-corrected chi connectivity index (χ0v) is 14.1. The fourth-order valence-electron chi connectivity index (χ4n) is 3.47. The predicted molar refractivity (Wildman–Crippen MR) is 81.2 cm³/mol. The van der Waals surface area contributed by atoms with Crippen LogP contribution in [0, 0.1) is 5.92 Å². The lowest BCUT2D eigenvalue weighted by atomic mass is 9.93. The Balaban J connectivity index is 0.00000324. The Morgan fingerprint density at radius 3 is 2.26 bits per heavy atom. The Bertz CT molecular complexity index is 182. The zero-order valence-electron chi connectivity index (χ0n) is 13.4. The highest BCUT2D eigenvalue weighted by molar-refractivity contribution is 4.61. The van der Waals surface area contributed by atoms with Gasteiger partial charge in [0.05, 0.1) is 19.6 Å². The van der Waals surface area contributed by atoms with E-state index in [4.69, 9.17) is 0 Å². The van der Waals surface area contributed by atoms with Crippen LogP contribution in [-0.4, -0.2) is 19.6 Å². The molecule has 0 aromatic carbocycles. The van der Waals surface area contributed by atoms with Gasteiger partial charge in [0, 0.05) is 5.92 Å². The third-order valence-electron chi connectivity index (χ3n) is 4.55. The summed E-state index contributed by atoms with van der Waals surface area (Å²) in [5, 5.41) is 0. The first-order valence-electron chi connectivity index (χ1n) is 8.70. The quantitative estimate of drug-likeness (QED) is 0.569. The Morgan fingerprint density at radius 2 is 1.58 bits per heavy atom. The minimum atomic E-state index is 0. The van der Waals surface area contributed by atoms with E-state index in [9.17, 15) is 0 Å². The van der Waals surface area contributed by atoms with Crippen molar-refractivity contribution >= 4 is 0 Å². The number of hydrogen-bond acceptors (Lipinski definition) is 0. The van der Waals surface area contributed by atoms with Crippen LogP contribution in [0.2, 0.25) is 0 Å². The fraction of sp³-hybridized carbons (Fsp3) is 1.00. The summed E-state index contributed by atoms with van der Waals surface area (Å²) < 4.78 is 0. The van der Waals surface area contributed by atoms with Crippen LogP contribution in [0.1, 0.15) is 84.5 Å². The Labute approximate surface area is 127 Å². The van der Waals surface area contributed by atoms with Gasteiger partial charge >= 0.3 is 0 Å². The molecule has 1 aliphatic rings. The molecule has 0 spiro atoms. The molecule has 0 saturated carbocycles. The van der Waals surface area contributed by atoms with E-state index in [-0.39, 0.29) is 12.4 Å². The maximum Gasteiger partial charge on any atom is 0.0799 e. The van der Waals surface area contributed by atoms with Crippen molar-refractivity contribution in [1.82, 2.24) is 0 Å². The molecule has 1 fully saturated rings. The van der Waals surface area contributed by atoms with Crippen LogP contribution in [0.4, 0.5) is 0 Å². The Morgan fingerprint density at radius 1 is 0.895 bits per heavy atom. The molecule has 1 heterocycles. The zero-order chi connectivity index (χ0) is 13.1. The number of piperidine rings is 1. The summed E-state index contributed by atoms with van der Waals surface area (Å²) in [7, 11) is 0. The van der Waals surface area contributed by atoms with Gasteiger partial charge in [-0.25, -0.2) is 0 Å². The molecular weight excluding hydrogens is 254 g/mol. The van der Waals surface area contributed by atoms with Crippen molar-refractivity contribution in [3.05, 3.63) is 0 Å². The molecule has 116 valence electrons. The van der Waals surface area contributed by atoms with Gasteiger partial charge in [-0.15, -0.1) is 0 Å². The summed E-state index contributed by atoms with van der Waals surface area (Å²) in [6.45, 7) is 9.02. The first kappa shape index (κ1) is 19.2. The minimum Gasteiger partial charge on any atom is -1.00 e. The van der Waals surface area contributed by atoms with E-state index in [2.05, 4.69) is 13.8 Å². The molecule has 0 radical (unpaired) electrons. The predicted octanol–water partition coefficient (Wildman–Crippen LogP) is 0.836. The molecule has 19 heavy (non-hydrogen) atoms. The molecule has 1 N–H and O–H groups in total. The Kier molecular flexibility index (Phi) is 13.4. The molecule has 1 rings (SSSR count). The molecule has 0 aromatic heterocycles. The average Bonchev–Trinajstić information content (AvgIpc) is 2.39. The lowest BCUT2D eigenvalue weighted by Gasteiger charge is -2.29. The van der Waals surface area contributed by atoms with Gasteiger partial charge in [-0.1, -0.05) is 52.4 Å². The Hall–Kier alpha value is 0.250. The molecule has 1 aliphatic heterocycles. The van der Waals surface area contributed by atoms with Gasteiger partial charge in [0.1, 0.15) is 0 Å². The molecule has 1 nitrogen and oxygen atoms in total. The van der Waals surface area contributed by atoms with Crippen LogP contribution in [0.3, 0.4) is 0 Å². The van der Waals surface area contributed by atoms with Crippen molar-refractivity contribution in [2.75, 3.05) is 19.6 Å². The van der Waals surface area contributed by atoms with Crippen molar-refractivity contribution in [3.63, 3.8) is 0 Å². The lowest BCUT2D eigenvalue weighted by Crippen LogP contribution is -3.13. The van der Waals surface area contributed by atoms with Crippen molar-refractivity contribution in [2.24, 2.45) is 5.92 Å². The normalized spacial score (nSPS) is 23.1. The van der Waals surface area contributed by atoms with Crippen LogP contribution < -0.4 is 17.3 Å². The van der Waals surface area contributed by atoms with E-state index in [1.54, 1.807) is 0 Å². The van der Waals surface area contributed by atoms with Crippen molar-refractivity contribution < 1.29 is 17.3 Å². The summed E-state index contributed by atoms with van der Waals surface area (Å²) >= 11 is 0. The summed E-state index contributed by atoms with van der Waals surface area (Å²) in [4.78, 5) is 1.91. The molecular formula is C17H36ClN. The van der Waals surface area contributed by atoms with E-state index in [0.717, 1.165) is 5.92 Å². The van der Waals surface area contributed by atoms with Gasteiger partial charge in [0.2, 0.25) is 0 Å². The van der Waals surface area contributed by atoms with Crippen LogP contribution in [-0.2, 0) is 0 Å². The highest BCUT2D eigenvalue weighted by Crippen LogP contribution is 2.13. The largest absolute Gasteiger partial charge is 1.00 e. The third kappa shape index (κ3) is 9.73. The minimum absolute atomic E-state index is 0. The second-order valence-electron chi connectivity index (χ2n) is 6.37. The summed E-state index contributed by atoms with van der Waals surface area (Å²) in [6, 6.07) is 0. The van der Waals surface area contributed by atoms with Crippen LogP contribution in [0.15, 0.2) is 0 Å². The number of halogens is 1. The van der Waals surface area contributed by atoms with Gasteiger partial charge in [0.25, 0.3) is 0 Å². The summed E-state index contributed by atoms with van der Waals surface area (Å²) in [5.74, 6) is 1.04.